The van der Waals surface area contributed by atoms with Gasteiger partial charge in [0, 0.05) is 25.0 Å². The lowest BCUT2D eigenvalue weighted by Gasteiger charge is -2.27. The highest BCUT2D eigenvalue weighted by Gasteiger charge is 2.21. The lowest BCUT2D eigenvalue weighted by Crippen LogP contribution is -2.36. The first kappa shape index (κ1) is 15.2. The molecule has 0 saturated carbocycles. The largest absolute Gasteiger partial charge is 0.332 e. The van der Waals surface area contributed by atoms with Crippen LogP contribution in [-0.2, 0) is 6.54 Å². The SMILES string of the molecule is Cc1ccc(C(=O)N(Cc2cccnc2)C(C)C)c(F)c1. The van der Waals surface area contributed by atoms with Crippen molar-refractivity contribution in [2.45, 2.75) is 33.4 Å². The molecule has 1 heterocycles. The maximum Gasteiger partial charge on any atom is 0.257 e. The molecule has 4 heteroatoms. The van der Waals surface area contributed by atoms with E-state index in [4.69, 9.17) is 0 Å². The fourth-order valence-electron chi connectivity index (χ4n) is 2.13. The van der Waals surface area contributed by atoms with E-state index in [2.05, 4.69) is 4.98 Å². The van der Waals surface area contributed by atoms with Gasteiger partial charge in [0.1, 0.15) is 5.82 Å². The van der Waals surface area contributed by atoms with Crippen molar-refractivity contribution >= 4 is 5.91 Å². The van der Waals surface area contributed by atoms with Crippen molar-refractivity contribution in [3.05, 3.63) is 65.2 Å². The molecule has 2 rings (SSSR count). The Bertz CT molecular complexity index is 626. The molecule has 1 aromatic carbocycles. The number of carbonyl (C=O) groups is 1. The molecule has 21 heavy (non-hydrogen) atoms. The predicted octanol–water partition coefficient (Wildman–Crippen LogP) is 3.58. The fraction of sp³-hybridized carbons (Fsp3) is 0.294. The quantitative estimate of drug-likeness (QED) is 0.860. The molecule has 0 aliphatic rings. The zero-order valence-corrected chi connectivity index (χ0v) is 12.5. The molecule has 0 radical (unpaired) electrons. The molecule has 0 spiro atoms. The summed E-state index contributed by atoms with van der Waals surface area (Å²) in [6.07, 6.45) is 3.40. The highest BCUT2D eigenvalue weighted by molar-refractivity contribution is 5.94. The number of aromatic nitrogens is 1. The van der Waals surface area contributed by atoms with Gasteiger partial charge in [0.25, 0.3) is 5.91 Å². The van der Waals surface area contributed by atoms with E-state index in [0.717, 1.165) is 11.1 Å². The van der Waals surface area contributed by atoms with E-state index >= 15 is 0 Å². The normalized spacial score (nSPS) is 10.7. The zero-order chi connectivity index (χ0) is 15.4. The number of hydrogen-bond donors (Lipinski definition) is 0. The van der Waals surface area contributed by atoms with Gasteiger partial charge in [-0.3, -0.25) is 9.78 Å². The van der Waals surface area contributed by atoms with E-state index in [1.54, 1.807) is 36.4 Å². The first-order valence-electron chi connectivity index (χ1n) is 6.95. The molecule has 0 unspecified atom stereocenters. The lowest BCUT2D eigenvalue weighted by atomic mass is 10.1. The van der Waals surface area contributed by atoms with Crippen LogP contribution in [-0.4, -0.2) is 21.8 Å². The molecule has 0 atom stereocenters. The Kier molecular flexibility index (Phi) is 4.68. The maximum atomic E-state index is 14.0. The van der Waals surface area contributed by atoms with Gasteiger partial charge in [-0.05, 0) is 50.1 Å². The molecular formula is C17H19FN2O. The second-order valence-electron chi connectivity index (χ2n) is 5.37. The minimum absolute atomic E-state index is 0.0293. The molecule has 0 fully saturated rings. The minimum atomic E-state index is -0.475. The molecule has 0 saturated heterocycles. The summed E-state index contributed by atoms with van der Waals surface area (Å²) in [7, 11) is 0. The van der Waals surface area contributed by atoms with Crippen LogP contribution in [0, 0.1) is 12.7 Å². The van der Waals surface area contributed by atoms with Crippen LogP contribution >= 0.6 is 0 Å². The molecule has 1 amide bonds. The average Bonchev–Trinajstić information content (AvgIpc) is 2.45. The standard InChI is InChI=1S/C17H19FN2O/c1-12(2)20(11-14-5-4-8-19-10-14)17(21)15-7-6-13(3)9-16(15)18/h4-10,12H,11H2,1-3H3. The van der Waals surface area contributed by atoms with Crippen LogP contribution in [0.3, 0.4) is 0 Å². The van der Waals surface area contributed by atoms with Gasteiger partial charge < -0.3 is 4.90 Å². The first-order valence-corrected chi connectivity index (χ1v) is 6.95. The molecule has 2 aromatic rings. The van der Waals surface area contributed by atoms with Crippen molar-refractivity contribution in [1.29, 1.82) is 0 Å². The molecule has 1 aromatic heterocycles. The number of nitrogens with zero attached hydrogens (tertiary/aromatic N) is 2. The van der Waals surface area contributed by atoms with Crippen molar-refractivity contribution in [3.63, 3.8) is 0 Å². The van der Waals surface area contributed by atoms with Gasteiger partial charge in [-0.15, -0.1) is 0 Å². The summed E-state index contributed by atoms with van der Waals surface area (Å²) in [5.41, 5.74) is 1.83. The molecule has 110 valence electrons. The molecule has 0 bridgehead atoms. The fourth-order valence-corrected chi connectivity index (χ4v) is 2.13. The van der Waals surface area contributed by atoms with Gasteiger partial charge in [0.2, 0.25) is 0 Å². The van der Waals surface area contributed by atoms with Crippen LogP contribution in [0.4, 0.5) is 4.39 Å². The van der Waals surface area contributed by atoms with Crippen LogP contribution < -0.4 is 0 Å². The second-order valence-corrected chi connectivity index (χ2v) is 5.37. The van der Waals surface area contributed by atoms with Crippen LogP contribution in [0.2, 0.25) is 0 Å². The van der Waals surface area contributed by atoms with Crippen molar-refractivity contribution in [1.82, 2.24) is 9.88 Å². The van der Waals surface area contributed by atoms with Crippen molar-refractivity contribution < 1.29 is 9.18 Å². The van der Waals surface area contributed by atoms with Crippen molar-refractivity contribution in [3.8, 4) is 0 Å². The Morgan fingerprint density at radius 3 is 2.67 bits per heavy atom. The Balaban J connectivity index is 2.27. The predicted molar refractivity (Wildman–Crippen MR) is 80.4 cm³/mol. The summed E-state index contributed by atoms with van der Waals surface area (Å²) in [5.74, 6) is -0.775. The van der Waals surface area contributed by atoms with Crippen molar-refractivity contribution in [2.75, 3.05) is 0 Å². The lowest BCUT2D eigenvalue weighted by molar-refractivity contribution is 0.0685. The Morgan fingerprint density at radius 1 is 1.33 bits per heavy atom. The third-order valence-corrected chi connectivity index (χ3v) is 3.31. The summed E-state index contributed by atoms with van der Waals surface area (Å²) >= 11 is 0. The smallest absolute Gasteiger partial charge is 0.257 e. The highest BCUT2D eigenvalue weighted by Crippen LogP contribution is 2.16. The van der Waals surface area contributed by atoms with Crippen LogP contribution in [0.15, 0.2) is 42.7 Å². The van der Waals surface area contributed by atoms with Gasteiger partial charge in [-0.1, -0.05) is 12.1 Å². The molecule has 0 aliphatic heterocycles. The number of carbonyl (C=O) groups excluding carboxylic acids is 1. The Hall–Kier alpha value is -2.23. The molecule has 3 nitrogen and oxygen atoms in total. The maximum absolute atomic E-state index is 14.0. The number of pyridine rings is 1. The highest BCUT2D eigenvalue weighted by atomic mass is 19.1. The third kappa shape index (κ3) is 3.66. The number of benzene rings is 1. The van der Waals surface area contributed by atoms with E-state index in [1.165, 1.54) is 6.07 Å². The van der Waals surface area contributed by atoms with E-state index < -0.39 is 5.82 Å². The first-order chi connectivity index (χ1) is 9.99. The van der Waals surface area contributed by atoms with Gasteiger partial charge in [-0.2, -0.15) is 0 Å². The number of rotatable bonds is 4. The zero-order valence-electron chi connectivity index (χ0n) is 12.5. The van der Waals surface area contributed by atoms with Crippen molar-refractivity contribution in [2.24, 2.45) is 0 Å². The van der Waals surface area contributed by atoms with E-state index in [9.17, 15) is 9.18 Å². The average molecular weight is 286 g/mol. The number of hydrogen-bond acceptors (Lipinski definition) is 2. The van der Waals surface area contributed by atoms with Gasteiger partial charge in [0.15, 0.2) is 0 Å². The summed E-state index contributed by atoms with van der Waals surface area (Å²) in [6.45, 7) is 6.05. The number of aryl methyl sites for hydroxylation is 1. The van der Waals surface area contributed by atoms with Gasteiger partial charge >= 0.3 is 0 Å². The molecule has 0 aliphatic carbocycles. The van der Waals surface area contributed by atoms with E-state index in [1.807, 2.05) is 26.0 Å². The Labute approximate surface area is 124 Å². The summed E-state index contributed by atoms with van der Waals surface area (Å²) in [5, 5.41) is 0. The summed E-state index contributed by atoms with van der Waals surface area (Å²) < 4.78 is 14.0. The van der Waals surface area contributed by atoms with Gasteiger partial charge in [-0.25, -0.2) is 4.39 Å². The molecular weight excluding hydrogens is 267 g/mol. The number of halogens is 1. The monoisotopic (exact) mass is 286 g/mol. The Morgan fingerprint density at radius 2 is 2.10 bits per heavy atom. The second kappa shape index (κ2) is 6.48. The number of amides is 1. The topological polar surface area (TPSA) is 33.2 Å². The minimum Gasteiger partial charge on any atom is -0.332 e. The van der Waals surface area contributed by atoms with Gasteiger partial charge in [0.05, 0.1) is 5.56 Å². The van der Waals surface area contributed by atoms with E-state index in [-0.39, 0.29) is 17.5 Å². The third-order valence-electron chi connectivity index (χ3n) is 3.31. The van der Waals surface area contributed by atoms with Crippen LogP contribution in [0.5, 0.6) is 0 Å². The van der Waals surface area contributed by atoms with Crippen LogP contribution in [0.25, 0.3) is 0 Å². The molecule has 0 N–H and O–H groups in total. The summed E-state index contributed by atoms with van der Waals surface area (Å²) in [6, 6.07) is 8.38. The van der Waals surface area contributed by atoms with Crippen LogP contribution in [0.1, 0.15) is 35.3 Å². The summed E-state index contributed by atoms with van der Waals surface area (Å²) in [4.78, 5) is 18.3. The van der Waals surface area contributed by atoms with E-state index in [0.29, 0.717) is 6.54 Å².